The summed E-state index contributed by atoms with van der Waals surface area (Å²) < 4.78 is 27.5. The highest BCUT2D eigenvalue weighted by Gasteiger charge is 2.27. The topological polar surface area (TPSA) is 87.6 Å². The van der Waals surface area contributed by atoms with E-state index in [-0.39, 0.29) is 10.5 Å². The number of carboxylic acids is 1. The van der Waals surface area contributed by atoms with Crippen LogP contribution in [0.25, 0.3) is 22.2 Å². The van der Waals surface area contributed by atoms with E-state index < -0.39 is 16.0 Å². The molecule has 1 saturated heterocycles. The first-order chi connectivity index (χ1) is 13.9. The number of piperidine rings is 1. The third kappa shape index (κ3) is 3.75. The number of pyridine rings is 1. The Hall–Kier alpha value is -2.77. The molecule has 7 heteroatoms. The second-order valence-electron chi connectivity index (χ2n) is 7.37. The molecule has 150 valence electrons. The first-order valence-electron chi connectivity index (χ1n) is 9.61. The van der Waals surface area contributed by atoms with Crippen molar-refractivity contribution in [1.82, 2.24) is 9.29 Å². The van der Waals surface area contributed by atoms with E-state index >= 15 is 0 Å². The van der Waals surface area contributed by atoms with E-state index in [1.54, 1.807) is 6.07 Å². The average molecular weight is 410 g/mol. The molecule has 6 nitrogen and oxygen atoms in total. The molecule has 0 atom stereocenters. The molecular weight excluding hydrogens is 388 g/mol. The summed E-state index contributed by atoms with van der Waals surface area (Å²) in [5.41, 5.74) is 2.95. The Bertz CT molecular complexity index is 1180. The third-order valence-corrected chi connectivity index (χ3v) is 7.21. The largest absolute Gasteiger partial charge is 0.478 e. The minimum absolute atomic E-state index is 0.0428. The minimum Gasteiger partial charge on any atom is -0.478 e. The van der Waals surface area contributed by atoms with E-state index in [0.717, 1.165) is 30.4 Å². The van der Waals surface area contributed by atoms with E-state index in [0.29, 0.717) is 29.7 Å². The van der Waals surface area contributed by atoms with Crippen molar-refractivity contribution >= 4 is 26.9 Å². The van der Waals surface area contributed by atoms with Crippen molar-refractivity contribution in [2.24, 2.45) is 0 Å². The molecule has 1 aliphatic rings. The van der Waals surface area contributed by atoms with Crippen molar-refractivity contribution in [3.8, 4) is 11.3 Å². The fourth-order valence-electron chi connectivity index (χ4n) is 3.67. The van der Waals surface area contributed by atoms with Crippen LogP contribution in [0.2, 0.25) is 0 Å². The summed E-state index contributed by atoms with van der Waals surface area (Å²) in [4.78, 5) is 16.6. The number of carboxylic acid groups (broad SMARTS) is 1. The average Bonchev–Trinajstić information content (AvgIpc) is 2.73. The van der Waals surface area contributed by atoms with Crippen molar-refractivity contribution < 1.29 is 18.3 Å². The molecule has 2 aromatic carbocycles. The van der Waals surface area contributed by atoms with E-state index in [2.05, 4.69) is 4.98 Å². The van der Waals surface area contributed by atoms with Crippen LogP contribution in [0.1, 0.15) is 35.2 Å². The number of aromatic nitrogens is 1. The monoisotopic (exact) mass is 410 g/mol. The summed E-state index contributed by atoms with van der Waals surface area (Å²) >= 11 is 0. The first kappa shape index (κ1) is 19.5. The molecule has 0 radical (unpaired) electrons. The molecule has 4 rings (SSSR count). The van der Waals surface area contributed by atoms with Gasteiger partial charge in [0.2, 0.25) is 10.0 Å². The second kappa shape index (κ2) is 7.57. The lowest BCUT2D eigenvalue weighted by Crippen LogP contribution is -2.35. The predicted octanol–water partition coefficient (Wildman–Crippen LogP) is 4.08. The van der Waals surface area contributed by atoms with Gasteiger partial charge in [-0.15, -0.1) is 0 Å². The van der Waals surface area contributed by atoms with E-state index in [1.165, 1.54) is 22.5 Å². The van der Waals surface area contributed by atoms with Crippen LogP contribution in [0.5, 0.6) is 0 Å². The number of fused-ring (bicyclic) bond motifs is 1. The summed E-state index contributed by atoms with van der Waals surface area (Å²) in [6.07, 6.45) is 2.71. The van der Waals surface area contributed by atoms with Crippen LogP contribution < -0.4 is 0 Å². The second-order valence-corrected chi connectivity index (χ2v) is 9.31. The Morgan fingerprint density at radius 1 is 1.00 bits per heavy atom. The lowest BCUT2D eigenvalue weighted by atomic mass is 10.0. The van der Waals surface area contributed by atoms with E-state index in [4.69, 9.17) is 0 Å². The summed E-state index contributed by atoms with van der Waals surface area (Å²) in [7, 11) is -3.65. The molecule has 1 fully saturated rings. The number of hydrogen-bond acceptors (Lipinski definition) is 4. The van der Waals surface area contributed by atoms with Crippen LogP contribution in [0, 0.1) is 6.92 Å². The zero-order valence-electron chi connectivity index (χ0n) is 16.1. The Morgan fingerprint density at radius 3 is 2.34 bits per heavy atom. The maximum Gasteiger partial charge on any atom is 0.336 e. The van der Waals surface area contributed by atoms with Gasteiger partial charge in [-0.25, -0.2) is 18.2 Å². The van der Waals surface area contributed by atoms with Gasteiger partial charge in [0, 0.05) is 24.0 Å². The SMILES string of the molecule is Cc1ccc(-c2cc(C(=O)O)c3cc(S(=O)(=O)N4CCCCC4)ccc3n2)cc1. The van der Waals surface area contributed by atoms with Crippen LogP contribution in [0.4, 0.5) is 0 Å². The van der Waals surface area contributed by atoms with Crippen molar-refractivity contribution in [3.63, 3.8) is 0 Å². The lowest BCUT2D eigenvalue weighted by molar-refractivity contribution is 0.0699. The van der Waals surface area contributed by atoms with Gasteiger partial charge in [-0.3, -0.25) is 0 Å². The maximum atomic E-state index is 13.0. The molecule has 2 heterocycles. The molecule has 0 aliphatic carbocycles. The van der Waals surface area contributed by atoms with Crippen LogP contribution in [0.3, 0.4) is 0 Å². The molecule has 3 aromatic rings. The highest BCUT2D eigenvalue weighted by molar-refractivity contribution is 7.89. The van der Waals surface area contributed by atoms with Crippen molar-refractivity contribution in [3.05, 3.63) is 59.7 Å². The minimum atomic E-state index is -3.65. The Kier molecular flexibility index (Phi) is 5.10. The highest BCUT2D eigenvalue weighted by Crippen LogP contribution is 2.29. The number of carbonyl (C=O) groups is 1. The van der Waals surface area contributed by atoms with Gasteiger partial charge in [0.1, 0.15) is 0 Å². The Balaban J connectivity index is 1.84. The highest BCUT2D eigenvalue weighted by atomic mass is 32.2. The molecule has 1 aliphatic heterocycles. The number of aromatic carboxylic acids is 1. The molecule has 0 unspecified atom stereocenters. The molecule has 0 bridgehead atoms. The van der Waals surface area contributed by atoms with Gasteiger partial charge in [-0.05, 0) is 44.0 Å². The molecule has 1 aromatic heterocycles. The summed E-state index contributed by atoms with van der Waals surface area (Å²) in [5.74, 6) is -1.11. The van der Waals surface area contributed by atoms with Crippen LogP contribution in [-0.2, 0) is 10.0 Å². The zero-order valence-corrected chi connectivity index (χ0v) is 16.9. The molecule has 29 heavy (non-hydrogen) atoms. The number of aryl methyl sites for hydroxylation is 1. The zero-order chi connectivity index (χ0) is 20.6. The number of benzene rings is 2. The van der Waals surface area contributed by atoms with Crippen LogP contribution in [0.15, 0.2) is 53.4 Å². The van der Waals surface area contributed by atoms with Crippen LogP contribution in [-0.4, -0.2) is 41.9 Å². The van der Waals surface area contributed by atoms with E-state index in [9.17, 15) is 18.3 Å². The fraction of sp³-hybridized carbons (Fsp3) is 0.273. The third-order valence-electron chi connectivity index (χ3n) is 5.31. The van der Waals surface area contributed by atoms with Gasteiger partial charge in [0.25, 0.3) is 0 Å². The summed E-state index contributed by atoms with van der Waals surface area (Å²) in [6, 6.07) is 13.7. The standard InChI is InChI=1S/C22H22N2O4S/c1-15-5-7-16(8-6-15)21-14-19(22(25)26)18-13-17(9-10-20(18)23-21)29(27,28)24-11-3-2-4-12-24/h5-10,13-14H,2-4,11-12H2,1H3,(H,25,26). The molecular formula is C22H22N2O4S. The Labute approximate surface area is 169 Å². The first-order valence-corrected chi connectivity index (χ1v) is 11.1. The molecule has 0 amide bonds. The fourth-order valence-corrected chi connectivity index (χ4v) is 5.21. The molecule has 0 spiro atoms. The quantitative estimate of drug-likeness (QED) is 0.700. The number of hydrogen-bond donors (Lipinski definition) is 1. The summed E-state index contributed by atoms with van der Waals surface area (Å²) in [5, 5.41) is 10.1. The van der Waals surface area contributed by atoms with Crippen molar-refractivity contribution in [1.29, 1.82) is 0 Å². The normalized spacial score (nSPS) is 15.5. The summed E-state index contributed by atoms with van der Waals surface area (Å²) in [6.45, 7) is 2.97. The van der Waals surface area contributed by atoms with Crippen LogP contribution >= 0.6 is 0 Å². The van der Waals surface area contributed by atoms with Gasteiger partial charge >= 0.3 is 5.97 Å². The number of sulfonamides is 1. The van der Waals surface area contributed by atoms with Gasteiger partial charge in [0.15, 0.2) is 0 Å². The predicted molar refractivity (Wildman–Crippen MR) is 111 cm³/mol. The Morgan fingerprint density at radius 2 is 1.69 bits per heavy atom. The van der Waals surface area contributed by atoms with Gasteiger partial charge in [0.05, 0.1) is 21.7 Å². The molecule has 1 N–H and O–H groups in total. The van der Waals surface area contributed by atoms with E-state index in [1.807, 2.05) is 31.2 Å². The van der Waals surface area contributed by atoms with Gasteiger partial charge < -0.3 is 5.11 Å². The number of rotatable bonds is 4. The van der Waals surface area contributed by atoms with Crippen molar-refractivity contribution in [2.45, 2.75) is 31.1 Å². The lowest BCUT2D eigenvalue weighted by Gasteiger charge is -2.26. The molecule has 0 saturated carbocycles. The van der Waals surface area contributed by atoms with Gasteiger partial charge in [-0.1, -0.05) is 36.2 Å². The smallest absolute Gasteiger partial charge is 0.336 e. The maximum absolute atomic E-state index is 13.0. The van der Waals surface area contributed by atoms with Gasteiger partial charge in [-0.2, -0.15) is 4.31 Å². The number of nitrogens with zero attached hydrogens (tertiary/aromatic N) is 2. The van der Waals surface area contributed by atoms with Crippen molar-refractivity contribution in [2.75, 3.05) is 13.1 Å².